The highest BCUT2D eigenvalue weighted by Crippen LogP contribution is 2.16. The van der Waals surface area contributed by atoms with Crippen molar-refractivity contribution in [1.29, 1.82) is 0 Å². The van der Waals surface area contributed by atoms with Crippen LogP contribution in [0.15, 0.2) is 35.5 Å². The number of benzene rings is 1. The van der Waals surface area contributed by atoms with Crippen LogP contribution in [0.25, 0.3) is 0 Å². The van der Waals surface area contributed by atoms with E-state index in [-0.39, 0.29) is 0 Å². The molecule has 0 spiro atoms. The van der Waals surface area contributed by atoms with E-state index in [9.17, 15) is 0 Å². The van der Waals surface area contributed by atoms with Gasteiger partial charge in [-0.15, -0.1) is 0 Å². The lowest BCUT2D eigenvalue weighted by molar-refractivity contribution is 0.902. The van der Waals surface area contributed by atoms with E-state index in [1.54, 1.807) is 11.8 Å². The lowest BCUT2D eigenvalue weighted by Crippen LogP contribution is -2.04. The van der Waals surface area contributed by atoms with E-state index in [0.717, 1.165) is 39.6 Å². The molecule has 5 heteroatoms. The van der Waals surface area contributed by atoms with Gasteiger partial charge in [-0.2, -0.15) is 0 Å². The average Bonchev–Trinajstić information content (AvgIpc) is 2.36. The molecule has 0 aliphatic rings. The number of aromatic nitrogens is 2. The minimum Gasteiger partial charge on any atom is -0.384 e. The summed E-state index contributed by atoms with van der Waals surface area (Å²) in [5.41, 5.74) is 3.10. The van der Waals surface area contributed by atoms with E-state index >= 15 is 0 Å². The molecule has 1 aromatic heterocycles. The van der Waals surface area contributed by atoms with Crippen molar-refractivity contribution in [2.45, 2.75) is 19.0 Å². The smallest absolute Gasteiger partial charge is 0.188 e. The molecule has 2 rings (SSSR count). The number of thioether (sulfide) groups is 1. The fourth-order valence-electron chi connectivity index (χ4n) is 1.66. The second-order valence-corrected chi connectivity index (χ2v) is 5.71. The first-order chi connectivity index (χ1) is 9.13. The Hall–Kier alpha value is -1.26. The molecule has 2 aromatic rings. The summed E-state index contributed by atoms with van der Waals surface area (Å²) in [6.45, 7) is 4.85. The van der Waals surface area contributed by atoms with Crippen LogP contribution in [0.2, 0.25) is 5.02 Å². The number of rotatable bonds is 5. The first-order valence-corrected chi connectivity index (χ1v) is 7.44. The molecule has 19 heavy (non-hydrogen) atoms. The monoisotopic (exact) mass is 293 g/mol. The second-order valence-electron chi connectivity index (χ2n) is 4.22. The maximum absolute atomic E-state index is 5.83. The summed E-state index contributed by atoms with van der Waals surface area (Å²) in [5.74, 6) is 0.922. The van der Waals surface area contributed by atoms with Crippen LogP contribution in [0.3, 0.4) is 0 Å². The first-order valence-electron chi connectivity index (χ1n) is 6.08. The largest absolute Gasteiger partial charge is 0.384 e. The third-order valence-electron chi connectivity index (χ3n) is 2.47. The predicted octanol–water partition coefficient (Wildman–Crippen LogP) is 3.95. The minimum atomic E-state index is 0.753. The van der Waals surface area contributed by atoms with Crippen LogP contribution >= 0.6 is 23.4 Å². The zero-order chi connectivity index (χ0) is 13.7. The zero-order valence-corrected chi connectivity index (χ0v) is 12.6. The number of hydrogen-bond acceptors (Lipinski definition) is 4. The molecule has 0 bridgehead atoms. The van der Waals surface area contributed by atoms with E-state index in [1.807, 2.05) is 44.2 Å². The maximum Gasteiger partial charge on any atom is 0.188 e. The molecule has 3 nitrogen and oxygen atoms in total. The summed E-state index contributed by atoms with van der Waals surface area (Å²) < 4.78 is 0. The molecule has 0 saturated carbocycles. The minimum absolute atomic E-state index is 0.753. The Labute approximate surface area is 122 Å². The Kier molecular flexibility index (Phi) is 5.05. The number of nitrogens with one attached hydrogen (secondary N) is 1. The Morgan fingerprint density at radius 3 is 2.37 bits per heavy atom. The highest BCUT2D eigenvalue weighted by atomic mass is 35.5. The quantitative estimate of drug-likeness (QED) is 0.514. The number of hydrogen-bond donors (Lipinski definition) is 1. The van der Waals surface area contributed by atoms with Crippen molar-refractivity contribution in [3.8, 4) is 0 Å². The van der Waals surface area contributed by atoms with Gasteiger partial charge in [-0.05, 0) is 44.2 Å². The molecule has 0 radical (unpaired) electrons. The van der Waals surface area contributed by atoms with Gasteiger partial charge in [0.1, 0.15) is 0 Å². The summed E-state index contributed by atoms with van der Waals surface area (Å²) in [5, 5.41) is 4.93. The van der Waals surface area contributed by atoms with Gasteiger partial charge in [0.2, 0.25) is 0 Å². The third kappa shape index (κ3) is 4.73. The van der Waals surface area contributed by atoms with E-state index < -0.39 is 0 Å². The molecule has 0 saturated heterocycles. The molecule has 0 amide bonds. The molecule has 1 aromatic carbocycles. The molecule has 0 atom stereocenters. The molecule has 1 heterocycles. The van der Waals surface area contributed by atoms with Gasteiger partial charge in [0.25, 0.3) is 0 Å². The van der Waals surface area contributed by atoms with Gasteiger partial charge in [-0.1, -0.05) is 23.4 Å². The summed E-state index contributed by atoms with van der Waals surface area (Å²) in [6, 6.07) is 9.69. The van der Waals surface area contributed by atoms with E-state index in [2.05, 4.69) is 15.3 Å². The summed E-state index contributed by atoms with van der Waals surface area (Å²) in [4.78, 5) is 8.79. The zero-order valence-electron chi connectivity index (χ0n) is 11.0. The van der Waals surface area contributed by atoms with Gasteiger partial charge >= 0.3 is 0 Å². The van der Waals surface area contributed by atoms with E-state index in [0.29, 0.717) is 0 Å². The van der Waals surface area contributed by atoms with Gasteiger partial charge in [0, 0.05) is 34.4 Å². The van der Waals surface area contributed by atoms with Crippen LogP contribution in [0.1, 0.15) is 11.4 Å². The molecule has 1 N–H and O–H groups in total. The highest BCUT2D eigenvalue weighted by Gasteiger charge is 2.00. The van der Waals surface area contributed by atoms with Gasteiger partial charge < -0.3 is 5.32 Å². The van der Waals surface area contributed by atoms with Crippen molar-refractivity contribution in [3.63, 3.8) is 0 Å². The fourth-order valence-corrected chi connectivity index (χ4v) is 2.59. The molecular formula is C14H16ClN3S. The predicted molar refractivity (Wildman–Crippen MR) is 82.2 cm³/mol. The maximum atomic E-state index is 5.83. The van der Waals surface area contributed by atoms with Crippen molar-refractivity contribution in [2.75, 3.05) is 17.6 Å². The summed E-state index contributed by atoms with van der Waals surface area (Å²) in [7, 11) is 0. The van der Waals surface area contributed by atoms with Crippen LogP contribution in [0.5, 0.6) is 0 Å². The van der Waals surface area contributed by atoms with Crippen molar-refractivity contribution < 1.29 is 0 Å². The molecule has 0 unspecified atom stereocenters. The molecule has 0 aliphatic heterocycles. The number of halogens is 1. The normalized spacial score (nSPS) is 10.5. The number of aryl methyl sites for hydroxylation is 2. The summed E-state index contributed by atoms with van der Waals surface area (Å²) in [6.07, 6.45) is 0. The molecule has 0 aliphatic carbocycles. The molecule has 100 valence electrons. The summed E-state index contributed by atoms with van der Waals surface area (Å²) >= 11 is 7.49. The van der Waals surface area contributed by atoms with Gasteiger partial charge in [0.15, 0.2) is 5.16 Å². The lowest BCUT2D eigenvalue weighted by Gasteiger charge is -2.06. The SMILES string of the molecule is Cc1cc(C)nc(SCCNc2ccc(Cl)cc2)n1. The second kappa shape index (κ2) is 6.78. The van der Waals surface area contributed by atoms with Crippen molar-refractivity contribution in [3.05, 3.63) is 46.7 Å². The van der Waals surface area contributed by atoms with Gasteiger partial charge in [-0.25, -0.2) is 9.97 Å². The van der Waals surface area contributed by atoms with E-state index in [4.69, 9.17) is 11.6 Å². The Bertz CT molecular complexity index is 523. The topological polar surface area (TPSA) is 37.8 Å². The fraction of sp³-hybridized carbons (Fsp3) is 0.286. The molecular weight excluding hydrogens is 278 g/mol. The third-order valence-corrected chi connectivity index (χ3v) is 3.57. The van der Waals surface area contributed by atoms with Crippen molar-refractivity contribution >= 4 is 29.1 Å². The van der Waals surface area contributed by atoms with Crippen LogP contribution < -0.4 is 5.32 Å². The average molecular weight is 294 g/mol. The Morgan fingerprint density at radius 1 is 1.11 bits per heavy atom. The van der Waals surface area contributed by atoms with Crippen molar-refractivity contribution in [2.24, 2.45) is 0 Å². The number of anilines is 1. The highest BCUT2D eigenvalue weighted by molar-refractivity contribution is 7.99. The van der Waals surface area contributed by atoms with Crippen molar-refractivity contribution in [1.82, 2.24) is 9.97 Å². The van der Waals surface area contributed by atoms with Gasteiger partial charge in [-0.3, -0.25) is 0 Å². The van der Waals surface area contributed by atoms with Crippen LogP contribution in [0, 0.1) is 13.8 Å². The van der Waals surface area contributed by atoms with Crippen LogP contribution in [0.4, 0.5) is 5.69 Å². The Morgan fingerprint density at radius 2 is 1.74 bits per heavy atom. The van der Waals surface area contributed by atoms with Gasteiger partial charge in [0.05, 0.1) is 0 Å². The van der Waals surface area contributed by atoms with E-state index in [1.165, 1.54) is 0 Å². The lowest BCUT2D eigenvalue weighted by atomic mass is 10.3. The van der Waals surface area contributed by atoms with Crippen LogP contribution in [-0.4, -0.2) is 22.3 Å². The first kappa shape index (κ1) is 14.2. The molecule has 0 fully saturated rings. The Balaban J connectivity index is 1.79. The standard InChI is InChI=1S/C14H16ClN3S/c1-10-9-11(2)18-14(17-10)19-8-7-16-13-5-3-12(15)4-6-13/h3-6,9,16H,7-8H2,1-2H3. The van der Waals surface area contributed by atoms with Crippen LogP contribution in [-0.2, 0) is 0 Å². The number of nitrogens with zero attached hydrogens (tertiary/aromatic N) is 2.